The standard InChI is InChI=1S/C24H24N4O4.C18H13N3O3.C6H12ClNO.ClH/c1-2-18(15-25-7-1)24-27-22-14-20(5-6-23(22)32-24)31-17-19-3-4-21(16-26-19)30-13-10-28-8-11-29-12-9-28;22-14-4-3-13(20-10-14)11-23-15-5-6-17-16(8-15)21-18(24-17)12-2-1-7-19-9-12;7-1-2-8-3-5-9-6-4-8;/h1-7,14-16H,8-13,17H2;1-10,22H,11H2;1-6H2;1H. The molecule has 18 heteroatoms. The fraction of sp³-hybridized carbons (Fsp3) is 0.292. The van der Waals surface area contributed by atoms with Crippen molar-refractivity contribution in [3.05, 3.63) is 133 Å². The van der Waals surface area contributed by atoms with Crippen molar-refractivity contribution in [1.29, 1.82) is 0 Å². The summed E-state index contributed by atoms with van der Waals surface area (Å²) in [4.78, 5) is 30.4. The van der Waals surface area contributed by atoms with Gasteiger partial charge in [0.25, 0.3) is 0 Å². The van der Waals surface area contributed by atoms with Gasteiger partial charge < -0.3 is 37.6 Å². The number of pyridine rings is 4. The molecule has 2 fully saturated rings. The summed E-state index contributed by atoms with van der Waals surface area (Å²) in [6.45, 7) is 10.5. The molecule has 0 saturated carbocycles. The van der Waals surface area contributed by atoms with Gasteiger partial charge in [-0.2, -0.15) is 0 Å². The third-order valence-corrected chi connectivity index (χ3v) is 10.4. The molecule has 1 N–H and O–H groups in total. The summed E-state index contributed by atoms with van der Waals surface area (Å²) in [6, 6.07) is 25.7. The second-order valence-corrected chi connectivity index (χ2v) is 15.2. The van der Waals surface area contributed by atoms with Gasteiger partial charge in [0.1, 0.15) is 53.9 Å². The van der Waals surface area contributed by atoms with Gasteiger partial charge in [0.15, 0.2) is 11.2 Å². The van der Waals surface area contributed by atoms with Crippen LogP contribution in [-0.2, 0) is 22.7 Å². The topological polar surface area (TPSA) is 176 Å². The second kappa shape index (κ2) is 24.8. The van der Waals surface area contributed by atoms with E-state index in [0.717, 1.165) is 105 Å². The van der Waals surface area contributed by atoms with Gasteiger partial charge in [-0.3, -0.25) is 29.7 Å². The lowest BCUT2D eigenvalue weighted by Gasteiger charge is -2.26. The molecule has 0 amide bonds. The van der Waals surface area contributed by atoms with Crippen LogP contribution in [0, 0.1) is 0 Å². The number of fused-ring (bicyclic) bond motifs is 2. The Morgan fingerprint density at radius 1 is 0.576 bits per heavy atom. The van der Waals surface area contributed by atoms with Crippen molar-refractivity contribution in [2.24, 2.45) is 0 Å². The number of alkyl halides is 1. The van der Waals surface area contributed by atoms with Crippen LogP contribution in [0.5, 0.6) is 23.0 Å². The van der Waals surface area contributed by atoms with Crippen molar-refractivity contribution in [3.8, 4) is 45.9 Å². The van der Waals surface area contributed by atoms with E-state index in [2.05, 4.69) is 39.7 Å². The van der Waals surface area contributed by atoms with Crippen LogP contribution in [0.4, 0.5) is 0 Å². The monoisotopic (exact) mass is 936 g/mol. The van der Waals surface area contributed by atoms with Gasteiger partial charge in [0.05, 0.1) is 61.3 Å². The molecular formula is C48H50Cl2N8O8. The number of rotatable bonds is 14. The van der Waals surface area contributed by atoms with E-state index in [9.17, 15) is 5.11 Å². The summed E-state index contributed by atoms with van der Waals surface area (Å²) in [5.74, 6) is 4.06. The van der Waals surface area contributed by atoms with Crippen LogP contribution in [0.3, 0.4) is 0 Å². The lowest BCUT2D eigenvalue weighted by molar-refractivity contribution is 0.0322. The molecule has 6 aromatic heterocycles. The molecular weight excluding hydrogens is 887 g/mol. The molecule has 16 nitrogen and oxygen atoms in total. The molecule has 8 heterocycles. The number of benzene rings is 2. The van der Waals surface area contributed by atoms with Crippen LogP contribution in [0.15, 0.2) is 131 Å². The minimum Gasteiger partial charge on any atom is -0.506 e. The van der Waals surface area contributed by atoms with Crippen molar-refractivity contribution in [1.82, 2.24) is 39.7 Å². The molecule has 10 rings (SSSR count). The number of hydrogen-bond acceptors (Lipinski definition) is 16. The number of nitrogens with zero attached hydrogens (tertiary/aromatic N) is 8. The minimum atomic E-state index is 0. The van der Waals surface area contributed by atoms with E-state index in [1.165, 1.54) is 6.20 Å². The maximum Gasteiger partial charge on any atom is 0.228 e. The molecule has 2 aliphatic heterocycles. The fourth-order valence-corrected chi connectivity index (χ4v) is 6.92. The smallest absolute Gasteiger partial charge is 0.228 e. The lowest BCUT2D eigenvalue weighted by Crippen LogP contribution is -2.38. The molecule has 0 atom stereocenters. The number of hydrogen-bond donors (Lipinski definition) is 1. The van der Waals surface area contributed by atoms with E-state index in [1.807, 2.05) is 72.8 Å². The predicted octanol–water partition coefficient (Wildman–Crippen LogP) is 8.12. The second-order valence-electron chi connectivity index (χ2n) is 14.8. The summed E-state index contributed by atoms with van der Waals surface area (Å²) in [7, 11) is 0. The van der Waals surface area contributed by atoms with E-state index in [4.69, 9.17) is 44.1 Å². The highest BCUT2D eigenvalue weighted by molar-refractivity contribution is 6.18. The first kappa shape index (κ1) is 47.6. The van der Waals surface area contributed by atoms with Crippen molar-refractivity contribution in [2.75, 3.05) is 78.2 Å². The van der Waals surface area contributed by atoms with Crippen LogP contribution in [0.25, 0.3) is 45.1 Å². The van der Waals surface area contributed by atoms with E-state index >= 15 is 0 Å². The molecule has 0 bridgehead atoms. The molecule has 2 aliphatic rings. The summed E-state index contributed by atoms with van der Waals surface area (Å²) < 4.78 is 39.5. The normalized spacial score (nSPS) is 14.0. The summed E-state index contributed by atoms with van der Waals surface area (Å²) in [5.41, 5.74) is 6.04. The Morgan fingerprint density at radius 2 is 1.09 bits per heavy atom. The number of aromatic hydroxyl groups is 1. The predicted molar refractivity (Wildman–Crippen MR) is 251 cm³/mol. The summed E-state index contributed by atoms with van der Waals surface area (Å²) in [5, 5.41) is 9.23. The Bertz CT molecular complexity index is 2650. The first-order valence-electron chi connectivity index (χ1n) is 21.3. The molecule has 0 aliphatic carbocycles. The zero-order valence-corrected chi connectivity index (χ0v) is 37.7. The Balaban J connectivity index is 0.000000167. The van der Waals surface area contributed by atoms with Gasteiger partial charge in [0.2, 0.25) is 11.8 Å². The van der Waals surface area contributed by atoms with Crippen molar-refractivity contribution >= 4 is 46.2 Å². The largest absolute Gasteiger partial charge is 0.506 e. The van der Waals surface area contributed by atoms with Crippen molar-refractivity contribution < 1.29 is 37.6 Å². The zero-order valence-electron chi connectivity index (χ0n) is 36.1. The van der Waals surface area contributed by atoms with Crippen molar-refractivity contribution in [2.45, 2.75) is 13.2 Å². The minimum absolute atomic E-state index is 0. The number of ether oxygens (including phenoxy) is 5. The van der Waals surface area contributed by atoms with Crippen molar-refractivity contribution in [3.63, 3.8) is 0 Å². The molecule has 2 saturated heterocycles. The van der Waals surface area contributed by atoms with Crippen LogP contribution in [0.2, 0.25) is 0 Å². The molecule has 66 heavy (non-hydrogen) atoms. The fourth-order valence-electron chi connectivity index (χ4n) is 6.68. The Morgan fingerprint density at radius 3 is 1.56 bits per heavy atom. The third-order valence-electron chi connectivity index (χ3n) is 10.2. The highest BCUT2D eigenvalue weighted by atomic mass is 35.5. The van der Waals surface area contributed by atoms with E-state index in [-0.39, 0.29) is 18.2 Å². The third kappa shape index (κ3) is 14.1. The highest BCUT2D eigenvalue weighted by Gasteiger charge is 2.13. The molecule has 2 aromatic carbocycles. The highest BCUT2D eigenvalue weighted by Crippen LogP contribution is 2.28. The van der Waals surface area contributed by atoms with Crippen LogP contribution in [0.1, 0.15) is 11.4 Å². The Labute approximate surface area is 392 Å². The van der Waals surface area contributed by atoms with Gasteiger partial charge in [-0.25, -0.2) is 9.97 Å². The first-order chi connectivity index (χ1) is 32.0. The Kier molecular flexibility index (Phi) is 17.8. The number of oxazole rings is 2. The average Bonchev–Trinajstić information content (AvgIpc) is 4.00. The van der Waals surface area contributed by atoms with E-state index in [1.54, 1.807) is 43.1 Å². The molecule has 8 aromatic rings. The van der Waals surface area contributed by atoms with Gasteiger partial charge in [-0.1, -0.05) is 0 Å². The van der Waals surface area contributed by atoms with E-state index < -0.39 is 0 Å². The quantitative estimate of drug-likeness (QED) is 0.103. The van der Waals surface area contributed by atoms with Gasteiger partial charge in [0, 0.05) is 82.1 Å². The maximum absolute atomic E-state index is 9.23. The molecule has 0 spiro atoms. The van der Waals surface area contributed by atoms with Gasteiger partial charge >= 0.3 is 0 Å². The summed E-state index contributed by atoms with van der Waals surface area (Å²) >= 11 is 5.55. The number of morpholine rings is 2. The zero-order chi connectivity index (χ0) is 44.5. The Hall–Kier alpha value is -6.40. The lowest BCUT2D eigenvalue weighted by atomic mass is 10.3. The summed E-state index contributed by atoms with van der Waals surface area (Å²) in [6.07, 6.45) is 9.98. The maximum atomic E-state index is 9.23. The molecule has 0 unspecified atom stereocenters. The number of halogens is 2. The SMILES string of the molecule is Cl.ClCCN1CCOCC1.Oc1ccc(COc2ccc3oc(-c4cccnc4)nc3c2)nc1.c1cncc(-c2nc3cc(OCc4ccc(OCCN5CCOCC5)cn4)ccc3o2)c1. The van der Waals surface area contributed by atoms with Crippen LogP contribution >= 0.6 is 24.0 Å². The number of aromatic nitrogens is 6. The average molecular weight is 938 g/mol. The first-order valence-corrected chi connectivity index (χ1v) is 21.8. The van der Waals surface area contributed by atoms with Gasteiger partial charge in [-0.15, -0.1) is 24.0 Å². The van der Waals surface area contributed by atoms with Crippen LogP contribution in [-0.4, -0.2) is 123 Å². The van der Waals surface area contributed by atoms with E-state index in [0.29, 0.717) is 59.8 Å². The molecule has 0 radical (unpaired) electrons. The van der Waals surface area contributed by atoms with Crippen LogP contribution < -0.4 is 14.2 Å². The van der Waals surface area contributed by atoms with Gasteiger partial charge in [-0.05, 0) is 72.8 Å². The molecule has 344 valence electrons.